The molecule has 0 aliphatic heterocycles. The molecule has 1 amide bonds. The van der Waals surface area contributed by atoms with Crippen molar-refractivity contribution in [3.05, 3.63) is 39.3 Å². The van der Waals surface area contributed by atoms with Gasteiger partial charge >= 0.3 is 6.09 Å². The molecule has 7 nitrogen and oxygen atoms in total. The zero-order valence-corrected chi connectivity index (χ0v) is 15.9. The first-order chi connectivity index (χ1) is 13.0. The highest BCUT2D eigenvalue weighted by atomic mass is 35.5. The van der Waals surface area contributed by atoms with Gasteiger partial charge in [0.25, 0.3) is 5.56 Å². The van der Waals surface area contributed by atoms with E-state index in [0.717, 1.165) is 24.8 Å². The molecule has 8 heteroatoms. The van der Waals surface area contributed by atoms with Crippen LogP contribution in [0.25, 0.3) is 21.9 Å². The van der Waals surface area contributed by atoms with E-state index in [2.05, 4.69) is 10.5 Å². The number of hydrogen-bond donors (Lipinski definition) is 1. The topological polar surface area (TPSA) is 86.4 Å². The van der Waals surface area contributed by atoms with Gasteiger partial charge in [-0.15, -0.1) is 0 Å². The molecule has 0 saturated heterocycles. The molecule has 1 N–H and O–H groups in total. The zero-order chi connectivity index (χ0) is 19.1. The minimum absolute atomic E-state index is 0.0448. The number of amides is 1. The lowest BCUT2D eigenvalue weighted by molar-refractivity contribution is 0.160. The molecule has 27 heavy (non-hydrogen) atoms. The molecule has 2 unspecified atom stereocenters. The third kappa shape index (κ3) is 2.96. The highest BCUT2D eigenvalue weighted by Gasteiger charge is 2.28. The number of pyridine rings is 1. The fourth-order valence-electron chi connectivity index (χ4n) is 4.08. The molecule has 3 aromatic rings. The van der Waals surface area contributed by atoms with Crippen molar-refractivity contribution in [2.75, 3.05) is 7.11 Å². The Labute approximate surface area is 160 Å². The fourth-order valence-corrected chi connectivity index (χ4v) is 4.33. The first kappa shape index (κ1) is 17.9. The molecule has 1 saturated carbocycles. The summed E-state index contributed by atoms with van der Waals surface area (Å²) in [6.45, 7) is 1.75. The van der Waals surface area contributed by atoms with Crippen LogP contribution in [0, 0.1) is 6.92 Å². The van der Waals surface area contributed by atoms with Gasteiger partial charge in [0.05, 0.1) is 28.7 Å². The van der Waals surface area contributed by atoms with Crippen molar-refractivity contribution >= 4 is 39.6 Å². The summed E-state index contributed by atoms with van der Waals surface area (Å²) in [4.78, 5) is 24.9. The number of nitrogens with zero attached hydrogens (tertiary/aromatic N) is 2. The van der Waals surface area contributed by atoms with Gasteiger partial charge in [-0.05, 0) is 44.7 Å². The third-order valence-corrected chi connectivity index (χ3v) is 5.61. The van der Waals surface area contributed by atoms with Crippen LogP contribution in [0.2, 0.25) is 5.02 Å². The second kappa shape index (κ2) is 6.88. The monoisotopic (exact) mass is 389 g/mol. The number of fused-ring (bicyclic) bond motifs is 3. The predicted octanol–water partition coefficient (Wildman–Crippen LogP) is 3.94. The molecule has 0 spiro atoms. The molecule has 142 valence electrons. The molecule has 1 fully saturated rings. The summed E-state index contributed by atoms with van der Waals surface area (Å²) in [6, 6.07) is 5.36. The summed E-state index contributed by atoms with van der Waals surface area (Å²) in [7, 11) is 1.35. The largest absolute Gasteiger partial charge is 0.453 e. The van der Waals surface area contributed by atoms with E-state index >= 15 is 0 Å². The number of carbonyl (C=O) groups is 1. The summed E-state index contributed by atoms with van der Waals surface area (Å²) >= 11 is 6.45. The van der Waals surface area contributed by atoms with E-state index in [0.29, 0.717) is 33.5 Å². The minimum Gasteiger partial charge on any atom is -0.453 e. The number of carbonyl (C=O) groups excluding carboxylic acids is 1. The Morgan fingerprint density at radius 2 is 2.19 bits per heavy atom. The normalized spacial score (nSPS) is 20.1. The highest BCUT2D eigenvalue weighted by molar-refractivity contribution is 6.37. The smallest absolute Gasteiger partial charge is 0.407 e. The molecule has 2 atom stereocenters. The maximum Gasteiger partial charge on any atom is 0.407 e. The van der Waals surface area contributed by atoms with E-state index in [1.807, 2.05) is 12.1 Å². The molecule has 1 aliphatic rings. The molecule has 1 aromatic carbocycles. The Morgan fingerprint density at radius 1 is 1.37 bits per heavy atom. The fraction of sp³-hybridized carbons (Fsp3) is 0.421. The van der Waals surface area contributed by atoms with Crippen molar-refractivity contribution in [2.24, 2.45) is 0 Å². The average Bonchev–Trinajstić information content (AvgIpc) is 3.04. The maximum atomic E-state index is 13.3. The van der Waals surface area contributed by atoms with Crippen LogP contribution in [0.15, 0.2) is 27.5 Å². The van der Waals surface area contributed by atoms with Gasteiger partial charge in [0.15, 0.2) is 5.58 Å². The van der Waals surface area contributed by atoms with Gasteiger partial charge in [-0.1, -0.05) is 22.8 Å². The lowest BCUT2D eigenvalue weighted by Gasteiger charge is -2.31. The maximum absolute atomic E-state index is 13.3. The third-order valence-electron chi connectivity index (χ3n) is 5.29. The van der Waals surface area contributed by atoms with Gasteiger partial charge in [0.2, 0.25) is 0 Å². The zero-order valence-electron chi connectivity index (χ0n) is 15.1. The number of halogens is 1. The van der Waals surface area contributed by atoms with Crippen molar-refractivity contribution in [3.8, 4) is 0 Å². The van der Waals surface area contributed by atoms with E-state index in [-0.39, 0.29) is 17.6 Å². The van der Waals surface area contributed by atoms with Crippen LogP contribution in [-0.2, 0) is 4.74 Å². The standard InChI is InChI=1S/C19H20ClN3O4/c1-10-15-17(27-22-10)16-13(20)7-4-8-14(16)23(18(15)24)12-6-3-5-11(9-12)21-19(25)26-2/h4,7-8,11-12H,3,5-6,9H2,1-2H3,(H,21,25). The van der Waals surface area contributed by atoms with Gasteiger partial charge in [0, 0.05) is 12.1 Å². The van der Waals surface area contributed by atoms with Crippen LogP contribution < -0.4 is 10.9 Å². The Balaban J connectivity index is 1.89. The van der Waals surface area contributed by atoms with E-state index < -0.39 is 6.09 Å². The van der Waals surface area contributed by atoms with Crippen LogP contribution >= 0.6 is 11.6 Å². The Bertz CT molecular complexity index is 1090. The average molecular weight is 390 g/mol. The number of hydrogen-bond acceptors (Lipinski definition) is 5. The molecule has 2 aromatic heterocycles. The molecule has 0 bridgehead atoms. The van der Waals surface area contributed by atoms with E-state index in [4.69, 9.17) is 20.9 Å². The minimum atomic E-state index is -0.453. The van der Waals surface area contributed by atoms with Gasteiger partial charge in [0.1, 0.15) is 5.39 Å². The van der Waals surface area contributed by atoms with Gasteiger partial charge in [-0.25, -0.2) is 4.79 Å². The van der Waals surface area contributed by atoms with Crippen LogP contribution in [0.5, 0.6) is 0 Å². The van der Waals surface area contributed by atoms with Crippen LogP contribution in [0.1, 0.15) is 37.4 Å². The Morgan fingerprint density at radius 3 is 2.96 bits per heavy atom. The second-order valence-corrected chi connectivity index (χ2v) is 7.34. The summed E-state index contributed by atoms with van der Waals surface area (Å²) < 4.78 is 11.9. The highest BCUT2D eigenvalue weighted by Crippen LogP contribution is 2.35. The van der Waals surface area contributed by atoms with Crippen molar-refractivity contribution < 1.29 is 14.1 Å². The number of nitrogens with one attached hydrogen (secondary N) is 1. The lowest BCUT2D eigenvalue weighted by Crippen LogP contribution is -2.40. The van der Waals surface area contributed by atoms with E-state index in [1.165, 1.54) is 7.11 Å². The second-order valence-electron chi connectivity index (χ2n) is 6.93. The van der Waals surface area contributed by atoms with Crippen molar-refractivity contribution in [1.29, 1.82) is 0 Å². The van der Waals surface area contributed by atoms with E-state index in [9.17, 15) is 9.59 Å². The predicted molar refractivity (Wildman–Crippen MR) is 102 cm³/mol. The summed E-state index contributed by atoms with van der Waals surface area (Å²) in [5, 5.41) is 8.50. The quantitative estimate of drug-likeness (QED) is 0.717. The summed E-state index contributed by atoms with van der Waals surface area (Å²) in [5.41, 5.74) is 1.56. The van der Waals surface area contributed by atoms with Gasteiger partial charge in [-0.3, -0.25) is 4.79 Å². The van der Waals surface area contributed by atoms with Crippen LogP contribution in [0.4, 0.5) is 4.79 Å². The van der Waals surface area contributed by atoms with Crippen LogP contribution in [-0.4, -0.2) is 29.0 Å². The lowest BCUT2D eigenvalue weighted by atomic mass is 9.90. The van der Waals surface area contributed by atoms with Gasteiger partial charge < -0.3 is 19.1 Å². The number of aryl methyl sites for hydroxylation is 1. The molecular weight excluding hydrogens is 370 g/mol. The van der Waals surface area contributed by atoms with Gasteiger partial charge in [-0.2, -0.15) is 0 Å². The molecule has 1 aliphatic carbocycles. The summed E-state index contributed by atoms with van der Waals surface area (Å²) in [6.07, 6.45) is 2.79. The summed E-state index contributed by atoms with van der Waals surface area (Å²) in [5.74, 6) is 0. The van der Waals surface area contributed by atoms with Crippen molar-refractivity contribution in [2.45, 2.75) is 44.7 Å². The Kier molecular flexibility index (Phi) is 4.55. The SMILES string of the molecule is COC(=O)NC1CCCC(n2c(=O)c3c(C)noc3c3c(Cl)cccc32)C1. The molecule has 4 rings (SSSR count). The van der Waals surface area contributed by atoms with Crippen molar-refractivity contribution in [3.63, 3.8) is 0 Å². The number of ether oxygens (including phenoxy) is 1. The number of benzene rings is 1. The number of rotatable bonds is 2. The number of aromatic nitrogens is 2. The van der Waals surface area contributed by atoms with Crippen LogP contribution in [0.3, 0.4) is 0 Å². The first-order valence-corrected chi connectivity index (χ1v) is 9.32. The van der Waals surface area contributed by atoms with Crippen molar-refractivity contribution in [1.82, 2.24) is 15.0 Å². The molecular formula is C19H20ClN3O4. The number of methoxy groups -OCH3 is 1. The first-order valence-electron chi connectivity index (χ1n) is 8.94. The molecule has 2 heterocycles. The Hall–Kier alpha value is -2.54. The molecule has 0 radical (unpaired) electrons. The van der Waals surface area contributed by atoms with E-state index in [1.54, 1.807) is 17.6 Å². The number of alkyl carbamates (subject to hydrolysis) is 1.